The summed E-state index contributed by atoms with van der Waals surface area (Å²) >= 11 is 1.44. The lowest BCUT2D eigenvalue weighted by Crippen LogP contribution is -2.25. The van der Waals surface area contributed by atoms with E-state index < -0.39 is 9.73 Å². The third kappa shape index (κ3) is 2.13. The molecule has 1 fully saturated rings. The summed E-state index contributed by atoms with van der Waals surface area (Å²) in [7, 11) is -0.0998. The molecule has 2 atom stereocenters. The molecule has 0 aromatic carbocycles. The van der Waals surface area contributed by atoms with E-state index in [0.29, 0.717) is 17.5 Å². The Morgan fingerprint density at radius 2 is 2.64 bits per heavy atom. The van der Waals surface area contributed by atoms with Crippen molar-refractivity contribution in [3.8, 4) is 0 Å². The number of rotatable bonds is 2. The topological polar surface area (TPSA) is 54.4 Å². The highest BCUT2D eigenvalue weighted by Crippen LogP contribution is 2.23. The van der Waals surface area contributed by atoms with Crippen molar-refractivity contribution in [1.82, 2.24) is 10.3 Å². The second-order valence-corrected chi connectivity index (χ2v) is 6.68. The van der Waals surface area contributed by atoms with Crippen molar-refractivity contribution in [3.05, 3.63) is 11.7 Å². The maximum absolute atomic E-state index is 12.2. The molecule has 1 aromatic heterocycles. The van der Waals surface area contributed by atoms with Crippen LogP contribution >= 0.6 is 11.3 Å². The van der Waals surface area contributed by atoms with Gasteiger partial charge in [-0.25, -0.2) is 4.21 Å². The van der Waals surface area contributed by atoms with Crippen LogP contribution < -0.4 is 5.32 Å². The second-order valence-electron chi connectivity index (χ2n) is 3.35. The molecule has 0 amide bonds. The lowest BCUT2D eigenvalue weighted by molar-refractivity contribution is 0.622. The molecule has 4 nitrogen and oxygen atoms in total. The molecule has 1 aromatic rings. The van der Waals surface area contributed by atoms with E-state index in [-0.39, 0.29) is 0 Å². The normalized spacial score (nSPS) is 31.9. The first-order valence-corrected chi connectivity index (χ1v) is 7.23. The summed E-state index contributed by atoms with van der Waals surface area (Å²) in [6, 6.07) is 0.360. The first kappa shape index (κ1) is 10.1. The van der Waals surface area contributed by atoms with Crippen LogP contribution in [0.4, 0.5) is 5.00 Å². The Bertz CT molecular complexity index is 406. The number of hydrogen-bond acceptors (Lipinski definition) is 5. The van der Waals surface area contributed by atoms with Gasteiger partial charge in [-0.1, -0.05) is 0 Å². The minimum Gasteiger partial charge on any atom is -0.316 e. The van der Waals surface area contributed by atoms with Gasteiger partial charge in [0.25, 0.3) is 0 Å². The summed E-state index contributed by atoms with van der Waals surface area (Å²) in [6.45, 7) is 0. The van der Waals surface area contributed by atoms with E-state index in [0.717, 1.165) is 11.4 Å². The van der Waals surface area contributed by atoms with E-state index in [9.17, 15) is 4.21 Å². The van der Waals surface area contributed by atoms with Crippen molar-refractivity contribution in [2.24, 2.45) is 4.36 Å². The molecule has 78 valence electrons. The third-order valence-corrected chi connectivity index (χ3v) is 5.44. The van der Waals surface area contributed by atoms with E-state index in [1.165, 1.54) is 11.3 Å². The summed E-state index contributed by atoms with van der Waals surface area (Å²) in [5.74, 6) is 1.37. The van der Waals surface area contributed by atoms with Crippen LogP contribution in [0.2, 0.25) is 0 Å². The lowest BCUT2D eigenvalue weighted by Gasteiger charge is -2.03. The van der Waals surface area contributed by atoms with E-state index in [1.54, 1.807) is 11.7 Å². The van der Waals surface area contributed by atoms with Crippen molar-refractivity contribution >= 4 is 26.1 Å². The first-order chi connectivity index (χ1) is 6.72. The van der Waals surface area contributed by atoms with Gasteiger partial charge in [0.1, 0.15) is 5.00 Å². The third-order valence-electron chi connectivity index (χ3n) is 2.33. The zero-order valence-corrected chi connectivity index (χ0v) is 9.61. The van der Waals surface area contributed by atoms with Gasteiger partial charge in [0, 0.05) is 17.5 Å². The average Bonchev–Trinajstić information content (AvgIpc) is 2.76. The van der Waals surface area contributed by atoms with E-state index in [1.807, 2.05) is 7.05 Å². The number of nitrogens with one attached hydrogen (secondary N) is 1. The van der Waals surface area contributed by atoms with Gasteiger partial charge in [-0.05, 0) is 13.5 Å². The SMILES string of the molecule is CNC1CCS(=O)(=Nc2cncs2)C1. The molecule has 2 heterocycles. The van der Waals surface area contributed by atoms with Crippen molar-refractivity contribution in [1.29, 1.82) is 0 Å². The fraction of sp³-hybridized carbons (Fsp3) is 0.625. The molecule has 1 aliphatic heterocycles. The lowest BCUT2D eigenvalue weighted by atomic mass is 10.3. The summed E-state index contributed by atoms with van der Waals surface area (Å²) in [5.41, 5.74) is 1.71. The van der Waals surface area contributed by atoms with Gasteiger partial charge in [-0.15, -0.1) is 11.3 Å². The molecule has 1 N–H and O–H groups in total. The van der Waals surface area contributed by atoms with E-state index >= 15 is 0 Å². The predicted octanol–water partition coefficient (Wildman–Crippen LogP) is 1.23. The fourth-order valence-corrected chi connectivity index (χ4v) is 4.79. The maximum Gasteiger partial charge on any atom is 0.145 e. The zero-order chi connectivity index (χ0) is 10.0. The maximum atomic E-state index is 12.2. The molecular formula is C8H13N3OS2. The second kappa shape index (κ2) is 3.96. The Morgan fingerprint density at radius 1 is 1.79 bits per heavy atom. The van der Waals surface area contributed by atoms with Gasteiger partial charge in [-0.3, -0.25) is 4.98 Å². The summed E-state index contributed by atoms with van der Waals surface area (Å²) in [5, 5.41) is 3.93. The molecule has 2 unspecified atom stereocenters. The number of nitrogens with zero attached hydrogens (tertiary/aromatic N) is 2. The zero-order valence-electron chi connectivity index (χ0n) is 7.97. The molecule has 0 spiro atoms. The summed E-state index contributed by atoms with van der Waals surface area (Å²) in [4.78, 5) is 3.92. The Balaban J connectivity index is 2.22. The molecular weight excluding hydrogens is 218 g/mol. The van der Waals surface area contributed by atoms with E-state index in [2.05, 4.69) is 14.7 Å². The molecule has 0 bridgehead atoms. The minimum absolute atomic E-state index is 0.360. The highest BCUT2D eigenvalue weighted by atomic mass is 32.2. The average molecular weight is 231 g/mol. The van der Waals surface area contributed by atoms with Crippen LogP contribution in [-0.2, 0) is 9.73 Å². The van der Waals surface area contributed by atoms with Crippen molar-refractivity contribution in [2.75, 3.05) is 18.6 Å². The molecule has 2 rings (SSSR count). The number of aromatic nitrogens is 1. The van der Waals surface area contributed by atoms with Gasteiger partial charge in [0.15, 0.2) is 0 Å². The standard InChI is InChI=1S/C8H13N3OS2/c1-9-7-2-3-14(12,5-7)11-8-4-10-6-13-8/h4,6-7,9H,2-3,5H2,1H3. The Hall–Kier alpha value is -0.460. The summed E-state index contributed by atoms with van der Waals surface area (Å²) in [6.07, 6.45) is 2.63. The first-order valence-electron chi connectivity index (χ1n) is 4.50. The highest BCUT2D eigenvalue weighted by molar-refractivity contribution is 7.94. The van der Waals surface area contributed by atoms with Gasteiger partial charge in [-0.2, -0.15) is 4.36 Å². The molecule has 0 saturated carbocycles. The Kier molecular flexibility index (Phi) is 2.85. The highest BCUT2D eigenvalue weighted by Gasteiger charge is 2.25. The van der Waals surface area contributed by atoms with Crippen LogP contribution in [0.15, 0.2) is 16.1 Å². The van der Waals surface area contributed by atoms with Crippen LogP contribution in [-0.4, -0.2) is 33.8 Å². The van der Waals surface area contributed by atoms with Crippen LogP contribution in [0.25, 0.3) is 0 Å². The number of hydrogen-bond donors (Lipinski definition) is 1. The Labute approximate surface area is 87.9 Å². The molecule has 14 heavy (non-hydrogen) atoms. The molecule has 1 saturated heterocycles. The van der Waals surface area contributed by atoms with Crippen molar-refractivity contribution < 1.29 is 4.21 Å². The molecule has 0 radical (unpaired) electrons. The monoisotopic (exact) mass is 231 g/mol. The van der Waals surface area contributed by atoms with E-state index in [4.69, 9.17) is 0 Å². The van der Waals surface area contributed by atoms with Gasteiger partial charge in [0.2, 0.25) is 0 Å². The predicted molar refractivity (Wildman–Crippen MR) is 59.5 cm³/mol. The Morgan fingerprint density at radius 3 is 3.21 bits per heavy atom. The van der Waals surface area contributed by atoms with Crippen LogP contribution in [0, 0.1) is 0 Å². The molecule has 0 aliphatic carbocycles. The van der Waals surface area contributed by atoms with Crippen LogP contribution in [0.5, 0.6) is 0 Å². The van der Waals surface area contributed by atoms with Gasteiger partial charge in [0.05, 0.1) is 21.4 Å². The number of thiazole rings is 1. The summed E-state index contributed by atoms with van der Waals surface area (Å²) < 4.78 is 16.5. The quantitative estimate of drug-likeness (QED) is 0.833. The smallest absolute Gasteiger partial charge is 0.145 e. The van der Waals surface area contributed by atoms with Gasteiger partial charge < -0.3 is 5.32 Å². The molecule has 1 aliphatic rings. The fourth-order valence-electron chi connectivity index (χ4n) is 1.54. The van der Waals surface area contributed by atoms with Crippen molar-refractivity contribution in [3.63, 3.8) is 0 Å². The minimum atomic E-state index is -2.01. The van der Waals surface area contributed by atoms with Crippen molar-refractivity contribution in [2.45, 2.75) is 12.5 Å². The molecule has 6 heteroatoms. The van der Waals surface area contributed by atoms with Crippen LogP contribution in [0.1, 0.15) is 6.42 Å². The largest absolute Gasteiger partial charge is 0.316 e. The van der Waals surface area contributed by atoms with Gasteiger partial charge >= 0.3 is 0 Å². The van der Waals surface area contributed by atoms with Crippen LogP contribution in [0.3, 0.4) is 0 Å².